The summed E-state index contributed by atoms with van der Waals surface area (Å²) >= 11 is 0. The lowest BCUT2D eigenvalue weighted by molar-refractivity contribution is -0.126. The highest BCUT2D eigenvalue weighted by Gasteiger charge is 2.46. The van der Waals surface area contributed by atoms with Gasteiger partial charge in [0.1, 0.15) is 5.41 Å². The molecule has 0 saturated carbocycles. The fourth-order valence-electron chi connectivity index (χ4n) is 4.98. The van der Waals surface area contributed by atoms with Crippen LogP contribution in [-0.2, 0) is 10.2 Å². The summed E-state index contributed by atoms with van der Waals surface area (Å²) in [7, 11) is 0. The van der Waals surface area contributed by atoms with Crippen LogP contribution < -0.4 is 11.3 Å². The Morgan fingerprint density at radius 1 is 1.00 bits per heavy atom. The first-order valence-corrected chi connectivity index (χ1v) is 9.60. The van der Waals surface area contributed by atoms with Crippen LogP contribution in [0.25, 0.3) is 0 Å². The Labute approximate surface area is 155 Å². The summed E-state index contributed by atoms with van der Waals surface area (Å²) in [6, 6.07) is 20.6. The van der Waals surface area contributed by atoms with Crippen molar-refractivity contribution in [1.29, 1.82) is 0 Å². The van der Waals surface area contributed by atoms with Crippen LogP contribution >= 0.6 is 0 Å². The molecular formula is C22H27N3O. The first-order chi connectivity index (χ1) is 12.7. The quantitative estimate of drug-likeness (QED) is 0.496. The largest absolute Gasteiger partial charge is 0.300 e. The summed E-state index contributed by atoms with van der Waals surface area (Å²) in [5, 5.41) is 0. The summed E-state index contributed by atoms with van der Waals surface area (Å²) in [6.07, 6.45) is 4.53. The molecule has 3 saturated heterocycles. The second-order valence-corrected chi connectivity index (χ2v) is 7.68. The number of nitrogens with one attached hydrogen (secondary N) is 1. The molecule has 3 heterocycles. The molecule has 2 aromatic rings. The third-order valence-electron chi connectivity index (χ3n) is 6.36. The van der Waals surface area contributed by atoms with Gasteiger partial charge in [0.2, 0.25) is 5.91 Å². The van der Waals surface area contributed by atoms with Crippen LogP contribution in [0.1, 0.15) is 36.8 Å². The van der Waals surface area contributed by atoms with E-state index >= 15 is 0 Å². The number of hydrazine groups is 1. The molecular weight excluding hydrogens is 322 g/mol. The number of carbonyl (C=O) groups is 1. The van der Waals surface area contributed by atoms with E-state index in [-0.39, 0.29) is 5.91 Å². The van der Waals surface area contributed by atoms with Crippen LogP contribution in [0, 0.1) is 5.92 Å². The van der Waals surface area contributed by atoms with Gasteiger partial charge in [-0.3, -0.25) is 10.2 Å². The van der Waals surface area contributed by atoms with Gasteiger partial charge in [-0.05, 0) is 55.8 Å². The molecule has 5 rings (SSSR count). The maximum Gasteiger partial charge on any atom is 0.249 e. The van der Waals surface area contributed by atoms with Gasteiger partial charge in [-0.15, -0.1) is 0 Å². The van der Waals surface area contributed by atoms with Crippen LogP contribution in [0.2, 0.25) is 0 Å². The van der Waals surface area contributed by atoms with Crippen molar-refractivity contribution in [2.75, 3.05) is 13.1 Å². The highest BCUT2D eigenvalue weighted by atomic mass is 16.2. The van der Waals surface area contributed by atoms with Crippen molar-refractivity contribution in [2.45, 2.75) is 37.1 Å². The minimum atomic E-state index is -0.764. The van der Waals surface area contributed by atoms with Crippen LogP contribution in [-0.4, -0.2) is 29.9 Å². The lowest BCUT2D eigenvalue weighted by Crippen LogP contribution is -2.55. The average Bonchev–Trinajstić information content (AvgIpc) is 2.73. The van der Waals surface area contributed by atoms with Crippen molar-refractivity contribution in [3.8, 4) is 0 Å². The number of fused-ring (bicyclic) bond motifs is 3. The molecule has 3 aliphatic heterocycles. The minimum Gasteiger partial charge on any atom is -0.300 e. The van der Waals surface area contributed by atoms with E-state index in [0.29, 0.717) is 6.04 Å². The Bertz CT molecular complexity index is 699. The molecule has 3 fully saturated rings. The van der Waals surface area contributed by atoms with Gasteiger partial charge in [0.25, 0.3) is 0 Å². The van der Waals surface area contributed by atoms with Gasteiger partial charge in [0.15, 0.2) is 0 Å². The van der Waals surface area contributed by atoms with Crippen molar-refractivity contribution in [3.05, 3.63) is 71.8 Å². The maximum atomic E-state index is 13.3. The van der Waals surface area contributed by atoms with E-state index in [1.165, 1.54) is 19.3 Å². The molecule has 0 radical (unpaired) electrons. The highest BCUT2D eigenvalue weighted by Crippen LogP contribution is 2.42. The van der Waals surface area contributed by atoms with Crippen LogP contribution in [0.15, 0.2) is 60.7 Å². The zero-order valence-corrected chi connectivity index (χ0v) is 15.1. The second-order valence-electron chi connectivity index (χ2n) is 7.68. The average molecular weight is 349 g/mol. The number of carbonyl (C=O) groups excluding carboxylic acids is 1. The minimum absolute atomic E-state index is 0.127. The number of benzene rings is 2. The molecule has 1 unspecified atom stereocenters. The van der Waals surface area contributed by atoms with Crippen molar-refractivity contribution in [3.63, 3.8) is 0 Å². The predicted octanol–water partition coefficient (Wildman–Crippen LogP) is 2.84. The second kappa shape index (κ2) is 7.22. The zero-order valence-electron chi connectivity index (χ0n) is 15.1. The Balaban J connectivity index is 1.81. The molecule has 1 atom stereocenters. The van der Waals surface area contributed by atoms with E-state index < -0.39 is 5.41 Å². The number of hydrogen-bond donors (Lipinski definition) is 2. The molecule has 1 amide bonds. The van der Waals surface area contributed by atoms with Crippen LogP contribution in [0.4, 0.5) is 0 Å². The van der Waals surface area contributed by atoms with Gasteiger partial charge < -0.3 is 4.90 Å². The number of nitrogens with zero attached hydrogens (tertiary/aromatic N) is 1. The Kier molecular flexibility index (Phi) is 4.79. The number of piperidine rings is 3. The van der Waals surface area contributed by atoms with E-state index in [0.717, 1.165) is 36.6 Å². The van der Waals surface area contributed by atoms with E-state index in [1.54, 1.807) is 0 Å². The van der Waals surface area contributed by atoms with Gasteiger partial charge in [-0.1, -0.05) is 60.7 Å². The normalized spacial score (nSPS) is 25.0. The highest BCUT2D eigenvalue weighted by molar-refractivity contribution is 5.91. The first kappa shape index (κ1) is 17.3. The van der Waals surface area contributed by atoms with Crippen molar-refractivity contribution < 1.29 is 4.79 Å². The number of amides is 1. The molecule has 0 aliphatic carbocycles. The third-order valence-corrected chi connectivity index (χ3v) is 6.36. The number of nitrogens with two attached hydrogens (primary N) is 1. The predicted molar refractivity (Wildman–Crippen MR) is 103 cm³/mol. The summed E-state index contributed by atoms with van der Waals surface area (Å²) in [5.41, 5.74) is 3.74. The molecule has 4 nitrogen and oxygen atoms in total. The standard InChI is InChI=1S/C22H27N3O/c23-24-21(26)22(18-7-3-1-4-8-18,19-9-5-2-6-10-19)16-20-15-17-11-13-25(20)14-12-17/h1-10,17,20H,11-16,23H2,(H,24,26). The van der Waals surface area contributed by atoms with E-state index in [4.69, 9.17) is 5.84 Å². The topological polar surface area (TPSA) is 58.4 Å². The molecule has 0 spiro atoms. The lowest BCUT2D eigenvalue weighted by atomic mass is 9.67. The molecule has 3 aliphatic rings. The van der Waals surface area contributed by atoms with E-state index in [1.807, 2.05) is 36.4 Å². The molecule has 26 heavy (non-hydrogen) atoms. The Morgan fingerprint density at radius 2 is 1.54 bits per heavy atom. The van der Waals surface area contributed by atoms with Crippen molar-refractivity contribution in [2.24, 2.45) is 11.8 Å². The molecule has 4 heteroatoms. The molecule has 2 aromatic carbocycles. The Hall–Kier alpha value is -2.17. The first-order valence-electron chi connectivity index (χ1n) is 9.60. The molecule has 2 bridgehead atoms. The van der Waals surface area contributed by atoms with E-state index in [2.05, 4.69) is 34.6 Å². The fourth-order valence-corrected chi connectivity index (χ4v) is 4.98. The monoisotopic (exact) mass is 349 g/mol. The van der Waals surface area contributed by atoms with Crippen LogP contribution in [0.3, 0.4) is 0 Å². The number of hydrogen-bond acceptors (Lipinski definition) is 3. The third kappa shape index (κ3) is 2.93. The molecule has 136 valence electrons. The van der Waals surface area contributed by atoms with Gasteiger partial charge >= 0.3 is 0 Å². The molecule has 3 N–H and O–H groups in total. The lowest BCUT2D eigenvalue weighted by Gasteiger charge is -2.48. The van der Waals surface area contributed by atoms with Gasteiger partial charge in [-0.25, -0.2) is 5.84 Å². The summed E-state index contributed by atoms with van der Waals surface area (Å²) < 4.78 is 0. The smallest absolute Gasteiger partial charge is 0.249 e. The maximum absolute atomic E-state index is 13.3. The summed E-state index contributed by atoms with van der Waals surface area (Å²) in [6.45, 7) is 2.30. The Morgan fingerprint density at radius 3 is 1.96 bits per heavy atom. The summed E-state index contributed by atoms with van der Waals surface area (Å²) in [4.78, 5) is 15.8. The van der Waals surface area contributed by atoms with Gasteiger partial charge in [-0.2, -0.15) is 0 Å². The molecule has 0 aromatic heterocycles. The van der Waals surface area contributed by atoms with Gasteiger partial charge in [0.05, 0.1) is 0 Å². The summed E-state index contributed by atoms with van der Waals surface area (Å²) in [5.74, 6) is 6.37. The van der Waals surface area contributed by atoms with Crippen LogP contribution in [0.5, 0.6) is 0 Å². The van der Waals surface area contributed by atoms with Crippen molar-refractivity contribution in [1.82, 2.24) is 10.3 Å². The van der Waals surface area contributed by atoms with E-state index in [9.17, 15) is 4.79 Å². The van der Waals surface area contributed by atoms with Gasteiger partial charge in [0, 0.05) is 6.04 Å². The van der Waals surface area contributed by atoms with Crippen molar-refractivity contribution >= 4 is 5.91 Å². The zero-order chi connectivity index (χ0) is 18.0. The SMILES string of the molecule is NNC(=O)C(CC1CC2CCN1CC2)(c1ccccc1)c1ccccc1. The number of rotatable bonds is 5. The fraction of sp³-hybridized carbons (Fsp3) is 0.409.